The fourth-order valence-electron chi connectivity index (χ4n) is 3.78. The monoisotopic (exact) mass is 415 g/mol. The van der Waals surface area contributed by atoms with Crippen LogP contribution < -0.4 is 4.90 Å². The summed E-state index contributed by atoms with van der Waals surface area (Å²) >= 11 is 0. The lowest BCUT2D eigenvalue weighted by atomic mass is 9.95. The number of carbonyl (C=O) groups is 1. The Morgan fingerprint density at radius 3 is 2.55 bits per heavy atom. The predicted molar refractivity (Wildman–Crippen MR) is 111 cm³/mol. The summed E-state index contributed by atoms with van der Waals surface area (Å²) in [4.78, 5) is 20.8. The lowest BCUT2D eigenvalue weighted by Gasteiger charge is -2.33. The fraction of sp³-hybridized carbons (Fsp3) is 0.304. The van der Waals surface area contributed by atoms with Gasteiger partial charge in [-0.1, -0.05) is 12.1 Å². The second-order valence-electron chi connectivity index (χ2n) is 7.53. The number of hydrogen-bond donors (Lipinski definition) is 0. The van der Waals surface area contributed by atoms with Gasteiger partial charge in [0.05, 0.1) is 17.9 Å². The Hall–Kier alpha value is -4.04. The molecule has 0 N–H and O–H groups in total. The van der Waals surface area contributed by atoms with Crippen LogP contribution in [0, 0.1) is 28.6 Å². The van der Waals surface area contributed by atoms with Crippen LogP contribution in [0.5, 0.6) is 0 Å². The molecule has 1 aliphatic heterocycles. The lowest BCUT2D eigenvalue weighted by molar-refractivity contribution is -0.135. The number of anilines is 1. The van der Waals surface area contributed by atoms with Gasteiger partial charge in [-0.25, -0.2) is 0 Å². The number of carbonyl (C=O) groups excluding carboxylic acids is 1. The summed E-state index contributed by atoms with van der Waals surface area (Å²) in [6.07, 6.45) is 2.85. The van der Waals surface area contributed by atoms with E-state index in [1.807, 2.05) is 17.0 Å². The fourth-order valence-corrected chi connectivity index (χ4v) is 3.78. The molecule has 0 unspecified atom stereocenters. The van der Waals surface area contributed by atoms with Crippen LogP contribution in [0.4, 0.5) is 5.88 Å². The molecule has 31 heavy (non-hydrogen) atoms. The van der Waals surface area contributed by atoms with Gasteiger partial charge in [0.15, 0.2) is 5.76 Å². The van der Waals surface area contributed by atoms with Gasteiger partial charge in [-0.3, -0.25) is 4.79 Å². The van der Waals surface area contributed by atoms with Crippen molar-refractivity contribution in [3.05, 3.63) is 59.5 Å². The van der Waals surface area contributed by atoms with Crippen molar-refractivity contribution in [2.24, 2.45) is 5.92 Å². The van der Waals surface area contributed by atoms with E-state index in [0.29, 0.717) is 49.7 Å². The van der Waals surface area contributed by atoms with Crippen molar-refractivity contribution in [1.82, 2.24) is 9.88 Å². The van der Waals surface area contributed by atoms with Gasteiger partial charge in [-0.15, -0.1) is 0 Å². The Balaban J connectivity index is 1.37. The Bertz CT molecular complexity index is 1130. The Morgan fingerprint density at radius 1 is 1.19 bits per heavy atom. The van der Waals surface area contributed by atoms with Crippen molar-refractivity contribution >= 4 is 11.8 Å². The van der Waals surface area contributed by atoms with E-state index in [2.05, 4.69) is 17.1 Å². The molecule has 0 bridgehead atoms. The quantitative estimate of drug-likeness (QED) is 0.626. The average Bonchev–Trinajstić information content (AvgIpc) is 3.49. The van der Waals surface area contributed by atoms with Crippen molar-refractivity contribution in [3.63, 3.8) is 0 Å². The van der Waals surface area contributed by atoms with Gasteiger partial charge in [-0.05, 0) is 42.7 Å². The highest BCUT2D eigenvalue weighted by Gasteiger charge is 2.30. The van der Waals surface area contributed by atoms with Crippen molar-refractivity contribution in [2.45, 2.75) is 19.4 Å². The van der Waals surface area contributed by atoms with Gasteiger partial charge >= 0.3 is 0 Å². The molecule has 8 heteroatoms. The largest absolute Gasteiger partial charge is 0.459 e. The summed E-state index contributed by atoms with van der Waals surface area (Å²) in [6, 6.07) is 14.9. The molecule has 0 spiro atoms. The second-order valence-corrected chi connectivity index (χ2v) is 7.53. The third kappa shape index (κ3) is 4.29. The van der Waals surface area contributed by atoms with Crippen LogP contribution in [0.2, 0.25) is 0 Å². The summed E-state index contributed by atoms with van der Waals surface area (Å²) < 4.78 is 11.1. The molecule has 0 atom stereocenters. The number of amides is 1. The molecule has 1 aromatic carbocycles. The maximum absolute atomic E-state index is 12.9. The highest BCUT2D eigenvalue weighted by molar-refractivity contribution is 5.79. The van der Waals surface area contributed by atoms with E-state index in [-0.39, 0.29) is 23.4 Å². The number of benzene rings is 1. The zero-order valence-electron chi connectivity index (χ0n) is 17.1. The number of aromatic nitrogens is 1. The number of nitrogens with zero attached hydrogens (tertiary/aromatic N) is 5. The first-order valence-electron chi connectivity index (χ1n) is 10.0. The number of rotatable bonds is 5. The Morgan fingerprint density at radius 2 is 1.94 bits per heavy atom. The van der Waals surface area contributed by atoms with E-state index in [4.69, 9.17) is 14.1 Å². The predicted octanol–water partition coefficient (Wildman–Crippen LogP) is 3.55. The maximum Gasteiger partial charge on any atom is 0.266 e. The van der Waals surface area contributed by atoms with E-state index >= 15 is 0 Å². The van der Waals surface area contributed by atoms with Gasteiger partial charge in [0, 0.05) is 32.6 Å². The SMILES string of the molecule is CN(Cc1ccc(C#N)cc1)C(=O)C1CCN(c2oc(-c3ccco3)nc2C#N)CC1. The molecule has 2 aromatic heterocycles. The van der Waals surface area contributed by atoms with Gasteiger partial charge in [0.1, 0.15) is 6.07 Å². The topological polar surface area (TPSA) is 110 Å². The van der Waals surface area contributed by atoms with Crippen LogP contribution in [0.25, 0.3) is 11.7 Å². The number of hydrogen-bond acceptors (Lipinski definition) is 7. The molecule has 1 saturated heterocycles. The molecule has 0 aliphatic carbocycles. The molecule has 1 aliphatic rings. The summed E-state index contributed by atoms with van der Waals surface area (Å²) in [7, 11) is 1.80. The first-order chi connectivity index (χ1) is 15.1. The molecule has 0 radical (unpaired) electrons. The highest BCUT2D eigenvalue weighted by Crippen LogP contribution is 2.31. The number of oxazole rings is 1. The van der Waals surface area contributed by atoms with Gasteiger partial charge in [0.2, 0.25) is 17.5 Å². The summed E-state index contributed by atoms with van der Waals surface area (Å²) in [5.74, 6) is 1.18. The second kappa shape index (κ2) is 8.76. The lowest BCUT2D eigenvalue weighted by Crippen LogP contribution is -2.41. The first-order valence-corrected chi connectivity index (χ1v) is 10.0. The maximum atomic E-state index is 12.9. The van der Waals surface area contributed by atoms with Crippen LogP contribution >= 0.6 is 0 Å². The van der Waals surface area contributed by atoms with Crippen molar-refractivity contribution in [1.29, 1.82) is 10.5 Å². The van der Waals surface area contributed by atoms with E-state index in [1.165, 1.54) is 6.26 Å². The van der Waals surface area contributed by atoms with Crippen LogP contribution in [-0.2, 0) is 11.3 Å². The summed E-state index contributed by atoms with van der Waals surface area (Å²) in [5, 5.41) is 18.3. The minimum Gasteiger partial charge on any atom is -0.459 e. The highest BCUT2D eigenvalue weighted by atomic mass is 16.4. The van der Waals surface area contributed by atoms with Crippen LogP contribution in [-0.4, -0.2) is 35.9 Å². The summed E-state index contributed by atoms with van der Waals surface area (Å²) in [5.41, 5.74) is 1.80. The van der Waals surface area contributed by atoms with Gasteiger partial charge in [0.25, 0.3) is 5.89 Å². The van der Waals surface area contributed by atoms with E-state index < -0.39 is 0 Å². The molecule has 3 aromatic rings. The standard InChI is InChI=1S/C23H21N5O3/c1-27(15-17-6-4-16(13-24)5-7-17)22(29)18-8-10-28(11-9-18)23-19(14-25)26-21(31-23)20-3-2-12-30-20/h2-7,12,18H,8-11,15H2,1H3. The molecule has 4 rings (SSSR count). The van der Waals surface area contributed by atoms with Crippen molar-refractivity contribution < 1.29 is 13.6 Å². The molecular weight excluding hydrogens is 394 g/mol. The molecule has 1 amide bonds. The number of furan rings is 1. The van der Waals surface area contributed by atoms with Crippen LogP contribution in [0.3, 0.4) is 0 Å². The zero-order valence-corrected chi connectivity index (χ0v) is 17.1. The van der Waals surface area contributed by atoms with Gasteiger partial charge < -0.3 is 18.6 Å². The van der Waals surface area contributed by atoms with Crippen molar-refractivity contribution in [3.8, 4) is 23.8 Å². The smallest absolute Gasteiger partial charge is 0.266 e. The first kappa shape index (κ1) is 20.2. The number of piperidine rings is 1. The normalized spacial score (nSPS) is 14.1. The molecule has 8 nitrogen and oxygen atoms in total. The third-order valence-corrected chi connectivity index (χ3v) is 5.46. The molecule has 3 heterocycles. The van der Waals surface area contributed by atoms with E-state index in [1.54, 1.807) is 36.2 Å². The minimum atomic E-state index is -0.0855. The third-order valence-electron chi connectivity index (χ3n) is 5.46. The molecular formula is C23H21N5O3. The minimum absolute atomic E-state index is 0.0855. The average molecular weight is 415 g/mol. The Labute approximate surface area is 179 Å². The van der Waals surface area contributed by atoms with E-state index in [0.717, 1.165) is 5.56 Å². The molecule has 156 valence electrons. The molecule has 1 fully saturated rings. The molecule has 0 saturated carbocycles. The van der Waals surface area contributed by atoms with Gasteiger partial charge in [-0.2, -0.15) is 15.5 Å². The van der Waals surface area contributed by atoms with Crippen LogP contribution in [0.1, 0.15) is 29.7 Å². The Kier molecular flexibility index (Phi) is 5.72. The van der Waals surface area contributed by atoms with E-state index in [9.17, 15) is 10.1 Å². The number of nitriles is 2. The summed E-state index contributed by atoms with van der Waals surface area (Å²) in [6.45, 7) is 1.70. The van der Waals surface area contributed by atoms with Crippen LogP contribution in [0.15, 0.2) is 51.5 Å². The zero-order chi connectivity index (χ0) is 21.8. The van der Waals surface area contributed by atoms with Crippen molar-refractivity contribution in [2.75, 3.05) is 25.0 Å².